The Morgan fingerprint density at radius 1 is 1.03 bits per heavy atom. The lowest BCUT2D eigenvalue weighted by molar-refractivity contribution is -0.147. The minimum absolute atomic E-state index is 0.0836. The highest BCUT2D eigenvalue weighted by atomic mass is 16.6. The monoisotopic (exact) mass is 397 g/mol. The second-order valence-corrected chi connectivity index (χ2v) is 8.22. The third-order valence-electron chi connectivity index (χ3n) is 4.89. The Kier molecular flexibility index (Phi) is 5.94. The molecule has 2 N–H and O–H groups in total. The van der Waals surface area contributed by atoms with Gasteiger partial charge in [-0.2, -0.15) is 0 Å². The third-order valence-corrected chi connectivity index (χ3v) is 4.89. The summed E-state index contributed by atoms with van der Waals surface area (Å²) in [5.41, 5.74) is 3.93. The Balaban J connectivity index is 1.68. The zero-order valence-corrected chi connectivity index (χ0v) is 17.1. The fourth-order valence-electron chi connectivity index (χ4n) is 3.77. The first-order valence-electron chi connectivity index (χ1n) is 9.69. The summed E-state index contributed by atoms with van der Waals surface area (Å²) in [4.78, 5) is 24.0. The van der Waals surface area contributed by atoms with Gasteiger partial charge in [-0.05, 0) is 49.9 Å². The van der Waals surface area contributed by atoms with Crippen molar-refractivity contribution in [3.63, 3.8) is 0 Å². The first kappa shape index (κ1) is 20.9. The molecule has 2 aromatic carbocycles. The van der Waals surface area contributed by atoms with Crippen LogP contribution in [-0.2, 0) is 14.3 Å². The average molecular weight is 397 g/mol. The third kappa shape index (κ3) is 4.77. The standard InChI is InChI=1S/C23H27NO5/c1-14(29-23(2,3)4)20(21(25)26)24-22(27)28-13-19-17-11-7-5-9-15(17)16-10-6-8-12-18(16)19/h5-12,14,19-20H,13H2,1-4H3,(H,24,27)(H,25,26)/t14-,20-/m1/s1. The summed E-state index contributed by atoms with van der Waals surface area (Å²) in [7, 11) is 0. The Morgan fingerprint density at radius 3 is 2.03 bits per heavy atom. The molecule has 0 saturated heterocycles. The molecule has 0 spiro atoms. The van der Waals surface area contributed by atoms with E-state index in [9.17, 15) is 14.7 Å². The van der Waals surface area contributed by atoms with E-state index in [1.54, 1.807) is 6.92 Å². The molecule has 0 bridgehead atoms. The predicted molar refractivity (Wildman–Crippen MR) is 110 cm³/mol. The summed E-state index contributed by atoms with van der Waals surface area (Å²) in [5, 5.41) is 11.9. The number of carbonyl (C=O) groups excluding carboxylic acids is 1. The molecule has 0 heterocycles. The van der Waals surface area contributed by atoms with Crippen molar-refractivity contribution in [1.82, 2.24) is 5.32 Å². The largest absolute Gasteiger partial charge is 0.480 e. The molecule has 154 valence electrons. The summed E-state index contributed by atoms with van der Waals surface area (Å²) < 4.78 is 11.1. The van der Waals surface area contributed by atoms with Gasteiger partial charge in [-0.1, -0.05) is 48.5 Å². The van der Waals surface area contributed by atoms with Gasteiger partial charge in [0.2, 0.25) is 0 Å². The molecule has 1 amide bonds. The summed E-state index contributed by atoms with van der Waals surface area (Å²) >= 11 is 0. The minimum atomic E-state index is -1.20. The van der Waals surface area contributed by atoms with Crippen LogP contribution < -0.4 is 5.32 Å². The molecule has 0 aliphatic heterocycles. The van der Waals surface area contributed by atoms with Gasteiger partial charge in [-0.3, -0.25) is 0 Å². The quantitative estimate of drug-likeness (QED) is 0.764. The van der Waals surface area contributed by atoms with Crippen molar-refractivity contribution in [2.75, 3.05) is 6.61 Å². The van der Waals surface area contributed by atoms with E-state index >= 15 is 0 Å². The highest BCUT2D eigenvalue weighted by molar-refractivity contribution is 5.81. The van der Waals surface area contributed by atoms with E-state index in [0.717, 1.165) is 22.3 Å². The van der Waals surface area contributed by atoms with Crippen molar-refractivity contribution >= 4 is 12.1 Å². The van der Waals surface area contributed by atoms with Crippen LogP contribution in [0.3, 0.4) is 0 Å². The van der Waals surface area contributed by atoms with Crippen LogP contribution in [0.25, 0.3) is 11.1 Å². The molecular weight excluding hydrogens is 370 g/mol. The molecule has 2 aromatic rings. The average Bonchev–Trinajstić information content (AvgIpc) is 2.96. The van der Waals surface area contributed by atoms with E-state index < -0.39 is 29.8 Å². The highest BCUT2D eigenvalue weighted by Crippen LogP contribution is 2.44. The van der Waals surface area contributed by atoms with E-state index in [2.05, 4.69) is 17.4 Å². The van der Waals surface area contributed by atoms with Crippen molar-refractivity contribution < 1.29 is 24.2 Å². The number of ether oxygens (including phenoxy) is 2. The SMILES string of the molecule is C[C@@H](OC(C)(C)C)[C@@H](NC(=O)OCC1c2ccccc2-c2ccccc21)C(=O)O. The molecule has 0 fully saturated rings. The lowest BCUT2D eigenvalue weighted by Gasteiger charge is -2.29. The number of hydrogen-bond acceptors (Lipinski definition) is 4. The molecule has 6 heteroatoms. The van der Waals surface area contributed by atoms with E-state index in [4.69, 9.17) is 9.47 Å². The number of alkyl carbamates (subject to hydrolysis) is 1. The van der Waals surface area contributed by atoms with Crippen LogP contribution in [0, 0.1) is 0 Å². The second-order valence-electron chi connectivity index (χ2n) is 8.22. The number of benzene rings is 2. The first-order valence-corrected chi connectivity index (χ1v) is 9.69. The van der Waals surface area contributed by atoms with Gasteiger partial charge in [-0.15, -0.1) is 0 Å². The number of carboxylic acid groups (broad SMARTS) is 1. The molecule has 0 aromatic heterocycles. The maximum atomic E-state index is 12.4. The number of carboxylic acids is 1. The lowest BCUT2D eigenvalue weighted by Crippen LogP contribution is -2.50. The molecule has 1 aliphatic rings. The molecule has 2 atom stereocenters. The van der Waals surface area contributed by atoms with Gasteiger partial charge in [-0.25, -0.2) is 9.59 Å². The normalized spacial score (nSPS) is 15.2. The number of rotatable bonds is 6. The first-order chi connectivity index (χ1) is 13.7. The summed E-state index contributed by atoms with van der Waals surface area (Å²) in [6, 6.07) is 14.9. The van der Waals surface area contributed by atoms with Crippen molar-refractivity contribution in [1.29, 1.82) is 0 Å². The zero-order valence-electron chi connectivity index (χ0n) is 17.1. The van der Waals surface area contributed by atoms with Gasteiger partial charge in [0.25, 0.3) is 0 Å². The van der Waals surface area contributed by atoms with Crippen molar-refractivity contribution in [2.24, 2.45) is 0 Å². The van der Waals surface area contributed by atoms with Crippen LogP contribution in [0.1, 0.15) is 44.7 Å². The fraction of sp³-hybridized carbons (Fsp3) is 0.391. The predicted octanol–water partition coefficient (Wildman–Crippen LogP) is 4.18. The van der Waals surface area contributed by atoms with E-state index in [1.807, 2.05) is 57.2 Å². The fourth-order valence-corrected chi connectivity index (χ4v) is 3.77. The van der Waals surface area contributed by atoms with Gasteiger partial charge in [0, 0.05) is 5.92 Å². The number of fused-ring (bicyclic) bond motifs is 3. The van der Waals surface area contributed by atoms with Crippen LogP contribution in [-0.4, -0.2) is 41.5 Å². The van der Waals surface area contributed by atoms with Crippen molar-refractivity contribution in [3.05, 3.63) is 59.7 Å². The number of aliphatic carboxylic acids is 1. The number of carbonyl (C=O) groups is 2. The molecule has 0 unspecified atom stereocenters. The van der Waals surface area contributed by atoms with Gasteiger partial charge in [0.15, 0.2) is 6.04 Å². The maximum Gasteiger partial charge on any atom is 0.407 e. The van der Waals surface area contributed by atoms with Gasteiger partial charge >= 0.3 is 12.1 Å². The summed E-state index contributed by atoms with van der Waals surface area (Å²) in [6.45, 7) is 7.23. The smallest absolute Gasteiger partial charge is 0.407 e. The molecule has 0 saturated carbocycles. The van der Waals surface area contributed by atoms with Gasteiger partial charge < -0.3 is 19.9 Å². The lowest BCUT2D eigenvalue weighted by atomic mass is 9.98. The molecule has 0 radical (unpaired) electrons. The number of amides is 1. The maximum absolute atomic E-state index is 12.4. The number of hydrogen-bond donors (Lipinski definition) is 2. The Bertz CT molecular complexity index is 857. The van der Waals surface area contributed by atoms with E-state index in [1.165, 1.54) is 0 Å². The molecule has 3 rings (SSSR count). The zero-order chi connectivity index (χ0) is 21.2. The summed E-state index contributed by atoms with van der Waals surface area (Å²) in [5.74, 6) is -1.25. The second kappa shape index (κ2) is 8.25. The summed E-state index contributed by atoms with van der Waals surface area (Å²) in [6.07, 6.45) is -1.49. The topological polar surface area (TPSA) is 84.9 Å². The molecule has 6 nitrogen and oxygen atoms in total. The van der Waals surface area contributed by atoms with Crippen molar-refractivity contribution in [3.8, 4) is 11.1 Å². The molecule has 29 heavy (non-hydrogen) atoms. The minimum Gasteiger partial charge on any atom is -0.480 e. The van der Waals surface area contributed by atoms with Gasteiger partial charge in [0.05, 0.1) is 11.7 Å². The van der Waals surface area contributed by atoms with Crippen LogP contribution in [0.4, 0.5) is 4.79 Å². The van der Waals surface area contributed by atoms with Crippen LogP contribution >= 0.6 is 0 Å². The van der Waals surface area contributed by atoms with Gasteiger partial charge in [0.1, 0.15) is 6.61 Å². The number of nitrogens with one attached hydrogen (secondary N) is 1. The molecule has 1 aliphatic carbocycles. The van der Waals surface area contributed by atoms with E-state index in [-0.39, 0.29) is 12.5 Å². The van der Waals surface area contributed by atoms with Crippen LogP contribution in [0.5, 0.6) is 0 Å². The Morgan fingerprint density at radius 2 is 1.55 bits per heavy atom. The van der Waals surface area contributed by atoms with Crippen LogP contribution in [0.15, 0.2) is 48.5 Å². The Labute approximate surface area is 170 Å². The highest BCUT2D eigenvalue weighted by Gasteiger charge is 2.32. The molecular formula is C23H27NO5. The van der Waals surface area contributed by atoms with E-state index in [0.29, 0.717) is 0 Å². The van der Waals surface area contributed by atoms with Crippen molar-refractivity contribution in [2.45, 2.75) is 51.4 Å². The van der Waals surface area contributed by atoms with Crippen LogP contribution in [0.2, 0.25) is 0 Å². The Hall–Kier alpha value is -2.86.